The van der Waals surface area contributed by atoms with Crippen LogP contribution in [0.5, 0.6) is 0 Å². The first-order chi connectivity index (χ1) is 16.4. The topological polar surface area (TPSA) is 83.4 Å². The van der Waals surface area contributed by atoms with Gasteiger partial charge in [0.05, 0.1) is 29.2 Å². The highest BCUT2D eigenvalue weighted by Gasteiger charge is 2.31. The number of rotatable bonds is 8. The molecule has 9 heteroatoms. The van der Waals surface area contributed by atoms with Crippen molar-refractivity contribution in [2.45, 2.75) is 43.3 Å². The van der Waals surface area contributed by atoms with Gasteiger partial charge in [0.25, 0.3) is 0 Å². The zero-order valence-electron chi connectivity index (χ0n) is 19.9. The van der Waals surface area contributed by atoms with E-state index >= 15 is 0 Å². The number of fused-ring (bicyclic) bond motifs is 1. The molecule has 0 bridgehead atoms. The van der Waals surface area contributed by atoms with E-state index in [-0.39, 0.29) is 24.4 Å². The van der Waals surface area contributed by atoms with E-state index in [0.29, 0.717) is 23.1 Å². The van der Waals surface area contributed by atoms with Gasteiger partial charge in [0, 0.05) is 0 Å². The maximum atomic E-state index is 13.4. The van der Waals surface area contributed by atoms with Crippen molar-refractivity contribution < 1.29 is 9.59 Å². The number of aromatic nitrogens is 3. The van der Waals surface area contributed by atoms with Gasteiger partial charge < -0.3 is 9.88 Å². The summed E-state index contributed by atoms with van der Waals surface area (Å²) in [5.74, 6) is 0.541. The number of carbonyl (C=O) groups is 2. The Morgan fingerprint density at radius 3 is 2.53 bits per heavy atom. The van der Waals surface area contributed by atoms with Crippen LogP contribution in [0.4, 0.5) is 11.4 Å². The third-order valence-electron chi connectivity index (χ3n) is 5.90. The Hall–Kier alpha value is -3.17. The number of nitrogens with one attached hydrogen (secondary N) is 1. The first-order valence-electron chi connectivity index (χ1n) is 11.4. The Kier molecular flexibility index (Phi) is 7.33. The molecule has 0 saturated carbocycles. The Morgan fingerprint density at radius 2 is 1.82 bits per heavy atom. The van der Waals surface area contributed by atoms with Crippen LogP contribution in [0.3, 0.4) is 0 Å². The Balaban J connectivity index is 1.62. The van der Waals surface area contributed by atoms with Crippen LogP contribution >= 0.6 is 11.8 Å². The molecule has 2 aromatic carbocycles. The summed E-state index contributed by atoms with van der Waals surface area (Å²) in [7, 11) is 4.07. The zero-order chi connectivity index (χ0) is 24.2. The van der Waals surface area contributed by atoms with E-state index in [9.17, 15) is 9.59 Å². The Morgan fingerprint density at radius 1 is 1.12 bits per heavy atom. The minimum Gasteiger partial charge on any atom is -0.323 e. The fourth-order valence-corrected chi connectivity index (χ4v) is 5.10. The van der Waals surface area contributed by atoms with Gasteiger partial charge in [-0.25, -0.2) is 0 Å². The second-order valence-corrected chi connectivity index (χ2v) is 9.86. The van der Waals surface area contributed by atoms with Gasteiger partial charge in [-0.2, -0.15) is 0 Å². The SMILES string of the molecule is CCC(c1nnc(SC(C)C(=O)N2CC(=O)Nc3ccccc32)n1Cc1ccccc1)N(C)C. The van der Waals surface area contributed by atoms with Crippen LogP contribution < -0.4 is 10.2 Å². The van der Waals surface area contributed by atoms with Gasteiger partial charge in [-0.1, -0.05) is 61.2 Å². The van der Waals surface area contributed by atoms with Crippen molar-refractivity contribution in [2.24, 2.45) is 0 Å². The predicted molar refractivity (Wildman–Crippen MR) is 135 cm³/mol. The van der Waals surface area contributed by atoms with Crippen LogP contribution in [0.2, 0.25) is 0 Å². The molecule has 2 unspecified atom stereocenters. The molecule has 8 nitrogen and oxygen atoms in total. The zero-order valence-corrected chi connectivity index (χ0v) is 20.7. The lowest BCUT2D eigenvalue weighted by Gasteiger charge is -2.30. The number of nitrogens with zero attached hydrogens (tertiary/aromatic N) is 5. The van der Waals surface area contributed by atoms with E-state index in [1.54, 1.807) is 11.0 Å². The highest BCUT2D eigenvalue weighted by atomic mass is 32.2. The second-order valence-electron chi connectivity index (χ2n) is 8.55. The van der Waals surface area contributed by atoms with Crippen LogP contribution in [-0.4, -0.2) is 57.4 Å². The predicted octanol–water partition coefficient (Wildman–Crippen LogP) is 3.81. The number of benzene rings is 2. The van der Waals surface area contributed by atoms with Gasteiger partial charge in [-0.05, 0) is 45.1 Å². The van der Waals surface area contributed by atoms with Gasteiger partial charge in [-0.3, -0.25) is 19.4 Å². The van der Waals surface area contributed by atoms with Gasteiger partial charge in [-0.15, -0.1) is 10.2 Å². The van der Waals surface area contributed by atoms with E-state index < -0.39 is 5.25 Å². The lowest BCUT2D eigenvalue weighted by molar-refractivity contribution is -0.121. The number of anilines is 2. The summed E-state index contributed by atoms with van der Waals surface area (Å²) < 4.78 is 2.11. The van der Waals surface area contributed by atoms with Gasteiger partial charge in [0.1, 0.15) is 6.54 Å². The monoisotopic (exact) mass is 478 g/mol. The highest BCUT2D eigenvalue weighted by molar-refractivity contribution is 8.00. The molecule has 3 aromatic rings. The minimum absolute atomic E-state index is 0.00123. The average molecular weight is 479 g/mol. The molecule has 0 spiro atoms. The molecule has 1 aromatic heterocycles. The summed E-state index contributed by atoms with van der Waals surface area (Å²) in [4.78, 5) is 29.3. The quantitative estimate of drug-likeness (QED) is 0.496. The van der Waals surface area contributed by atoms with E-state index in [4.69, 9.17) is 0 Å². The molecule has 0 fully saturated rings. The summed E-state index contributed by atoms with van der Waals surface area (Å²) in [5.41, 5.74) is 2.50. The molecule has 0 saturated heterocycles. The Bertz CT molecular complexity index is 1160. The van der Waals surface area contributed by atoms with Crippen molar-refractivity contribution >= 4 is 35.0 Å². The van der Waals surface area contributed by atoms with Crippen LogP contribution in [0.15, 0.2) is 59.8 Å². The standard InChI is InChI=1S/C25H30N6O2S/c1-5-20(29(3)4)23-27-28-25(31(23)15-18-11-7-6-8-12-18)34-17(2)24(33)30-16-22(32)26-19-13-9-10-14-21(19)30/h6-14,17,20H,5,15-16H2,1-4H3,(H,26,32). The molecule has 0 aliphatic carbocycles. The summed E-state index contributed by atoms with van der Waals surface area (Å²) in [6.07, 6.45) is 0.888. The normalized spacial score (nSPS) is 15.1. The molecule has 4 rings (SSSR count). The average Bonchev–Trinajstić information content (AvgIpc) is 3.20. The third kappa shape index (κ3) is 5.00. The number of carbonyl (C=O) groups excluding carboxylic acids is 2. The number of thioether (sulfide) groups is 1. The molecule has 178 valence electrons. The molecule has 34 heavy (non-hydrogen) atoms. The van der Waals surface area contributed by atoms with Gasteiger partial charge in [0.2, 0.25) is 11.8 Å². The van der Waals surface area contributed by atoms with Crippen molar-refractivity contribution in [3.63, 3.8) is 0 Å². The molecule has 2 heterocycles. The van der Waals surface area contributed by atoms with Crippen molar-refractivity contribution in [3.8, 4) is 0 Å². The van der Waals surface area contributed by atoms with Crippen molar-refractivity contribution in [2.75, 3.05) is 30.9 Å². The largest absolute Gasteiger partial charge is 0.323 e. The van der Waals surface area contributed by atoms with Gasteiger partial charge >= 0.3 is 0 Å². The smallest absolute Gasteiger partial charge is 0.244 e. The van der Waals surface area contributed by atoms with Crippen molar-refractivity contribution in [1.29, 1.82) is 0 Å². The first kappa shape index (κ1) is 24.0. The van der Waals surface area contributed by atoms with E-state index in [1.165, 1.54) is 11.8 Å². The van der Waals surface area contributed by atoms with E-state index in [0.717, 1.165) is 17.8 Å². The van der Waals surface area contributed by atoms with Crippen molar-refractivity contribution in [3.05, 3.63) is 66.0 Å². The number of amides is 2. The second kappa shape index (κ2) is 10.4. The fourth-order valence-electron chi connectivity index (χ4n) is 4.18. The first-order valence-corrected chi connectivity index (χ1v) is 12.3. The third-order valence-corrected chi connectivity index (χ3v) is 6.97. The van der Waals surface area contributed by atoms with Crippen LogP contribution in [-0.2, 0) is 16.1 Å². The maximum absolute atomic E-state index is 13.4. The van der Waals surface area contributed by atoms with E-state index in [2.05, 4.69) is 44.0 Å². The fraction of sp³-hybridized carbons (Fsp3) is 0.360. The molecular formula is C25H30N6O2S. The molecule has 1 N–H and O–H groups in total. The van der Waals surface area contributed by atoms with Crippen LogP contribution in [0.25, 0.3) is 0 Å². The number of para-hydroxylation sites is 2. The maximum Gasteiger partial charge on any atom is 0.244 e. The summed E-state index contributed by atoms with van der Waals surface area (Å²) in [5, 5.41) is 12.1. The molecule has 0 radical (unpaired) electrons. The Labute approximate surface area is 204 Å². The molecule has 2 atom stereocenters. The number of hydrogen-bond acceptors (Lipinski definition) is 6. The number of hydrogen-bond donors (Lipinski definition) is 1. The van der Waals surface area contributed by atoms with Crippen LogP contribution in [0.1, 0.15) is 37.7 Å². The van der Waals surface area contributed by atoms with Crippen LogP contribution in [0, 0.1) is 0 Å². The lowest BCUT2D eigenvalue weighted by atomic mass is 10.2. The molecular weight excluding hydrogens is 448 g/mol. The summed E-state index contributed by atoms with van der Waals surface area (Å²) >= 11 is 1.38. The van der Waals surface area contributed by atoms with Gasteiger partial charge in [0.15, 0.2) is 11.0 Å². The minimum atomic E-state index is -0.454. The summed E-state index contributed by atoms with van der Waals surface area (Å²) in [6, 6.07) is 17.6. The molecule has 2 amide bonds. The van der Waals surface area contributed by atoms with E-state index in [1.807, 2.05) is 57.4 Å². The van der Waals surface area contributed by atoms with Crippen molar-refractivity contribution in [1.82, 2.24) is 19.7 Å². The highest BCUT2D eigenvalue weighted by Crippen LogP contribution is 2.33. The lowest BCUT2D eigenvalue weighted by Crippen LogP contribution is -2.45. The molecule has 1 aliphatic rings. The molecule has 1 aliphatic heterocycles. The summed E-state index contributed by atoms with van der Waals surface area (Å²) in [6.45, 7) is 4.60.